The number of aliphatic hydroxyl groups excluding tert-OH is 1. The van der Waals surface area contributed by atoms with Gasteiger partial charge < -0.3 is 29.9 Å². The molecule has 0 radical (unpaired) electrons. The van der Waals surface area contributed by atoms with E-state index in [9.17, 15) is 23.1 Å². The number of pyridine rings is 1. The van der Waals surface area contributed by atoms with Gasteiger partial charge in [0.1, 0.15) is 11.2 Å². The molecule has 4 heterocycles. The van der Waals surface area contributed by atoms with E-state index in [1.807, 2.05) is 0 Å². The van der Waals surface area contributed by atoms with Crippen molar-refractivity contribution in [3.63, 3.8) is 0 Å². The number of benzene rings is 1. The van der Waals surface area contributed by atoms with Gasteiger partial charge in [-0.2, -0.15) is 4.98 Å². The number of hydrogen-bond acceptors (Lipinski definition) is 8. The second-order valence-electron chi connectivity index (χ2n) is 10.2. The number of aryl methyl sites for hydroxylation is 1. The first-order valence-electron chi connectivity index (χ1n) is 12.4. The van der Waals surface area contributed by atoms with Gasteiger partial charge in [-0.3, -0.25) is 4.79 Å². The number of piperidine rings is 1. The Bertz CT molecular complexity index is 1460. The van der Waals surface area contributed by atoms with E-state index in [0.717, 1.165) is 0 Å². The number of aromatic nitrogens is 3. The highest BCUT2D eigenvalue weighted by molar-refractivity contribution is 6.32. The van der Waals surface area contributed by atoms with Gasteiger partial charge in [0, 0.05) is 31.1 Å². The number of aliphatic hydroxyl groups is 1. The molecule has 202 valence electrons. The molecule has 2 aromatic heterocycles. The van der Waals surface area contributed by atoms with Crippen LogP contribution >= 0.6 is 11.6 Å². The van der Waals surface area contributed by atoms with Crippen molar-refractivity contribution < 1.29 is 23.0 Å². The standard InChI is InChI=1S/C25H26ClF3N6O3/c1-34-18-5-4-14(31-22-17(26)8-30-24(33-22)35-9-13(27)6-15(36)10-35)7-16(18)19-20(23(34)37)38-11-25(28,29)21(32-19)12-2-3-12/h4-5,7-8,12-13,15,21,32,36H,2-3,6,9-11H2,1H3,(H,30,31,33)/t13-,15-,21-/m0/s1. The van der Waals surface area contributed by atoms with Gasteiger partial charge in [0.05, 0.1) is 36.1 Å². The topological polar surface area (TPSA) is 105 Å². The van der Waals surface area contributed by atoms with E-state index in [2.05, 4.69) is 20.6 Å². The molecule has 0 bridgehead atoms. The minimum Gasteiger partial charge on any atom is -0.480 e. The van der Waals surface area contributed by atoms with Crippen molar-refractivity contribution in [3.8, 4) is 5.75 Å². The van der Waals surface area contributed by atoms with Crippen molar-refractivity contribution in [2.45, 2.75) is 43.5 Å². The molecule has 1 saturated heterocycles. The molecule has 0 unspecified atom stereocenters. The zero-order valence-corrected chi connectivity index (χ0v) is 21.2. The quantitative estimate of drug-likeness (QED) is 0.450. The van der Waals surface area contributed by atoms with Crippen LogP contribution < -0.4 is 25.8 Å². The van der Waals surface area contributed by atoms with Crippen molar-refractivity contribution in [3.05, 3.63) is 39.8 Å². The summed E-state index contributed by atoms with van der Waals surface area (Å²) in [5.41, 5.74) is 0.770. The maximum Gasteiger partial charge on any atom is 0.301 e. The highest BCUT2D eigenvalue weighted by Crippen LogP contribution is 2.45. The maximum atomic E-state index is 14.9. The van der Waals surface area contributed by atoms with Crippen LogP contribution in [0.25, 0.3) is 10.9 Å². The summed E-state index contributed by atoms with van der Waals surface area (Å²) in [5, 5.41) is 16.7. The third-order valence-electron chi connectivity index (χ3n) is 7.26. The third-order valence-corrected chi connectivity index (χ3v) is 7.54. The SMILES string of the molecule is Cn1c(=O)c2c(c3cc(Nc4nc(N5C[C@@H](O)C[C@H](F)C5)ncc4Cl)ccc31)N[C@@H](C1CC1)C(F)(F)CO2. The minimum atomic E-state index is -3.14. The maximum absolute atomic E-state index is 14.9. The lowest BCUT2D eigenvalue weighted by atomic mass is 10.0. The summed E-state index contributed by atoms with van der Waals surface area (Å²) < 4.78 is 50.6. The van der Waals surface area contributed by atoms with E-state index in [4.69, 9.17) is 16.3 Å². The van der Waals surface area contributed by atoms with E-state index in [1.165, 1.54) is 10.8 Å². The molecule has 2 fully saturated rings. The highest BCUT2D eigenvalue weighted by Gasteiger charge is 2.51. The number of β-amino-alcohol motifs (C(OH)–C–C–N with tert-alkyl or cyclic N) is 1. The molecule has 3 aliphatic rings. The number of nitrogens with one attached hydrogen (secondary N) is 2. The number of ether oxygens (including phenoxy) is 1. The number of anilines is 4. The minimum absolute atomic E-state index is 0.0483. The molecule has 1 aliphatic carbocycles. The lowest BCUT2D eigenvalue weighted by molar-refractivity contribution is -0.0579. The summed E-state index contributed by atoms with van der Waals surface area (Å²) in [6, 6.07) is 3.96. The molecule has 1 saturated carbocycles. The average molecular weight is 551 g/mol. The molecule has 3 atom stereocenters. The summed E-state index contributed by atoms with van der Waals surface area (Å²) in [6.07, 6.45) is 0.768. The van der Waals surface area contributed by atoms with Crippen LogP contribution in [0.4, 0.5) is 36.3 Å². The lowest BCUT2D eigenvalue weighted by Crippen LogP contribution is -2.45. The monoisotopic (exact) mass is 550 g/mol. The summed E-state index contributed by atoms with van der Waals surface area (Å²) in [4.78, 5) is 23.2. The fourth-order valence-corrected chi connectivity index (χ4v) is 5.33. The van der Waals surface area contributed by atoms with Gasteiger partial charge in [0.25, 0.3) is 5.56 Å². The van der Waals surface area contributed by atoms with Gasteiger partial charge in [0.15, 0.2) is 12.4 Å². The van der Waals surface area contributed by atoms with Gasteiger partial charge >= 0.3 is 5.92 Å². The van der Waals surface area contributed by atoms with Crippen LogP contribution in [0.1, 0.15) is 19.3 Å². The number of hydrogen-bond donors (Lipinski definition) is 3. The first-order chi connectivity index (χ1) is 18.1. The number of alkyl halides is 3. The molecule has 3 aromatic rings. The fraction of sp³-hybridized carbons (Fsp3) is 0.480. The smallest absolute Gasteiger partial charge is 0.301 e. The Balaban J connectivity index is 1.38. The van der Waals surface area contributed by atoms with Crippen molar-refractivity contribution in [1.82, 2.24) is 14.5 Å². The Labute approximate surface area is 220 Å². The van der Waals surface area contributed by atoms with E-state index in [0.29, 0.717) is 29.4 Å². The molecule has 0 amide bonds. The molecule has 9 nitrogen and oxygen atoms in total. The Hall–Kier alpha value is -3.25. The van der Waals surface area contributed by atoms with E-state index < -0.39 is 36.4 Å². The van der Waals surface area contributed by atoms with Crippen LogP contribution in [0.5, 0.6) is 5.75 Å². The Morgan fingerprint density at radius 3 is 2.82 bits per heavy atom. The van der Waals surface area contributed by atoms with Crippen LogP contribution in [-0.4, -0.2) is 63.6 Å². The van der Waals surface area contributed by atoms with Crippen LogP contribution in [-0.2, 0) is 7.05 Å². The van der Waals surface area contributed by atoms with Gasteiger partial charge in [-0.25, -0.2) is 18.2 Å². The van der Waals surface area contributed by atoms with Crippen LogP contribution in [0, 0.1) is 5.92 Å². The lowest BCUT2D eigenvalue weighted by Gasteiger charge is -2.32. The number of halogens is 4. The first kappa shape index (κ1) is 25.1. The summed E-state index contributed by atoms with van der Waals surface area (Å²) in [7, 11) is 1.56. The molecule has 1 aromatic carbocycles. The second kappa shape index (κ2) is 9.19. The largest absolute Gasteiger partial charge is 0.480 e. The van der Waals surface area contributed by atoms with E-state index >= 15 is 0 Å². The van der Waals surface area contributed by atoms with E-state index in [-0.39, 0.29) is 53.7 Å². The number of rotatable bonds is 4. The molecule has 3 N–H and O–H groups in total. The van der Waals surface area contributed by atoms with Gasteiger partial charge in [-0.05, 0) is 37.0 Å². The van der Waals surface area contributed by atoms with Gasteiger partial charge in [0.2, 0.25) is 11.7 Å². The molecule has 13 heteroatoms. The summed E-state index contributed by atoms with van der Waals surface area (Å²) in [5.74, 6) is -3.03. The van der Waals surface area contributed by atoms with Crippen LogP contribution in [0.15, 0.2) is 29.2 Å². The highest BCUT2D eigenvalue weighted by atomic mass is 35.5. The molecule has 2 aliphatic heterocycles. The van der Waals surface area contributed by atoms with Crippen molar-refractivity contribution in [2.75, 3.05) is 35.2 Å². The predicted molar refractivity (Wildman–Crippen MR) is 138 cm³/mol. The Morgan fingerprint density at radius 1 is 1.29 bits per heavy atom. The van der Waals surface area contributed by atoms with Gasteiger partial charge in [-0.15, -0.1) is 0 Å². The molecule has 6 rings (SSSR count). The third kappa shape index (κ3) is 4.49. The molecular weight excluding hydrogens is 525 g/mol. The normalized spacial score (nSPS) is 24.8. The number of nitrogens with zero attached hydrogens (tertiary/aromatic N) is 4. The average Bonchev–Trinajstić information content (AvgIpc) is 3.71. The van der Waals surface area contributed by atoms with Crippen molar-refractivity contribution in [2.24, 2.45) is 13.0 Å². The molecule has 38 heavy (non-hydrogen) atoms. The zero-order chi connectivity index (χ0) is 26.8. The van der Waals surface area contributed by atoms with Gasteiger partial charge in [-0.1, -0.05) is 11.6 Å². The van der Waals surface area contributed by atoms with E-state index in [1.54, 1.807) is 30.1 Å². The van der Waals surface area contributed by atoms with Crippen molar-refractivity contribution in [1.29, 1.82) is 0 Å². The Kier molecular flexibility index (Phi) is 6.06. The zero-order valence-electron chi connectivity index (χ0n) is 20.4. The molecular formula is C25H26ClF3N6O3. The first-order valence-corrected chi connectivity index (χ1v) is 12.8. The number of fused-ring (bicyclic) bond motifs is 3. The van der Waals surface area contributed by atoms with Crippen molar-refractivity contribution >= 4 is 45.6 Å². The van der Waals surface area contributed by atoms with Crippen LogP contribution in [0.2, 0.25) is 5.02 Å². The predicted octanol–water partition coefficient (Wildman–Crippen LogP) is 3.85. The fourth-order valence-electron chi connectivity index (χ4n) is 5.20. The van der Waals surface area contributed by atoms with Crippen LogP contribution in [0.3, 0.4) is 0 Å². The molecule has 0 spiro atoms. The summed E-state index contributed by atoms with van der Waals surface area (Å²) >= 11 is 6.35. The second-order valence-corrected chi connectivity index (χ2v) is 10.6. The Morgan fingerprint density at radius 2 is 2.08 bits per heavy atom. The summed E-state index contributed by atoms with van der Waals surface area (Å²) in [6.45, 7) is -0.639.